The Kier molecular flexibility index (Phi) is 4.23. The number of hydrogen-bond donors (Lipinski definition) is 2. The summed E-state index contributed by atoms with van der Waals surface area (Å²) in [7, 11) is 0. The Morgan fingerprint density at radius 1 is 1.88 bits per heavy atom. The number of aliphatic hydroxyl groups excluding tert-OH is 1. The van der Waals surface area contributed by atoms with E-state index in [2.05, 4.69) is 5.32 Å². The molecule has 0 aliphatic heterocycles. The van der Waals surface area contributed by atoms with E-state index in [0.717, 1.165) is 6.54 Å². The van der Waals surface area contributed by atoms with Gasteiger partial charge in [-0.2, -0.15) is 5.26 Å². The molecule has 3 heteroatoms. The average molecular weight is 114 g/mol. The predicted molar refractivity (Wildman–Crippen MR) is 30.2 cm³/mol. The van der Waals surface area contributed by atoms with Gasteiger partial charge in [0.2, 0.25) is 0 Å². The number of nitriles is 1. The van der Waals surface area contributed by atoms with Gasteiger partial charge in [-0.3, -0.25) is 0 Å². The van der Waals surface area contributed by atoms with Crippen LogP contribution in [0.4, 0.5) is 0 Å². The van der Waals surface area contributed by atoms with Crippen molar-refractivity contribution in [2.75, 3.05) is 13.1 Å². The summed E-state index contributed by atoms with van der Waals surface area (Å²) >= 11 is 0. The van der Waals surface area contributed by atoms with Crippen molar-refractivity contribution in [3.8, 4) is 6.07 Å². The molecule has 3 nitrogen and oxygen atoms in total. The summed E-state index contributed by atoms with van der Waals surface area (Å²) in [5, 5.41) is 19.4. The number of likely N-dealkylation sites (N-methyl/N-ethyl adjacent to an activating group) is 1. The molecular weight excluding hydrogens is 104 g/mol. The molecule has 0 bridgehead atoms. The van der Waals surface area contributed by atoms with Gasteiger partial charge in [0.1, 0.15) is 0 Å². The molecule has 0 aromatic heterocycles. The minimum Gasteiger partial charge on any atom is -0.377 e. The zero-order chi connectivity index (χ0) is 6.41. The van der Waals surface area contributed by atoms with Crippen LogP contribution in [0.3, 0.4) is 0 Å². The maximum absolute atomic E-state index is 8.57. The fourth-order valence-corrected chi connectivity index (χ4v) is 0.327. The van der Waals surface area contributed by atoms with Crippen LogP contribution in [0.1, 0.15) is 6.92 Å². The molecule has 1 atom stereocenters. The minimum absolute atomic E-state index is 0.368. The molecule has 1 unspecified atom stereocenters. The average Bonchev–Trinajstić information content (AvgIpc) is 1.83. The topological polar surface area (TPSA) is 56.0 Å². The van der Waals surface area contributed by atoms with Crippen molar-refractivity contribution in [2.24, 2.45) is 0 Å². The smallest absolute Gasteiger partial charge is 0.152 e. The third-order valence-corrected chi connectivity index (χ3v) is 0.737. The van der Waals surface area contributed by atoms with Crippen LogP contribution in [0.15, 0.2) is 0 Å². The lowest BCUT2D eigenvalue weighted by atomic mass is 10.4. The molecule has 0 aliphatic carbocycles. The fourth-order valence-electron chi connectivity index (χ4n) is 0.327. The van der Waals surface area contributed by atoms with E-state index in [1.807, 2.05) is 6.92 Å². The maximum atomic E-state index is 8.57. The van der Waals surface area contributed by atoms with Gasteiger partial charge in [0.15, 0.2) is 6.10 Å². The molecular formula is C5H10N2O. The van der Waals surface area contributed by atoms with Crippen molar-refractivity contribution in [1.82, 2.24) is 5.32 Å². The highest BCUT2D eigenvalue weighted by atomic mass is 16.3. The Labute approximate surface area is 48.9 Å². The molecule has 2 N–H and O–H groups in total. The van der Waals surface area contributed by atoms with Gasteiger partial charge in [-0.25, -0.2) is 0 Å². The molecule has 0 aliphatic rings. The van der Waals surface area contributed by atoms with Crippen LogP contribution < -0.4 is 5.32 Å². The van der Waals surface area contributed by atoms with Crippen molar-refractivity contribution >= 4 is 0 Å². The molecule has 8 heavy (non-hydrogen) atoms. The molecule has 0 amide bonds. The van der Waals surface area contributed by atoms with Gasteiger partial charge >= 0.3 is 0 Å². The monoisotopic (exact) mass is 114 g/mol. The predicted octanol–water partition coefficient (Wildman–Crippen LogP) is -0.520. The van der Waals surface area contributed by atoms with E-state index >= 15 is 0 Å². The van der Waals surface area contributed by atoms with Crippen LogP contribution in [0.2, 0.25) is 0 Å². The second-order valence-corrected chi connectivity index (χ2v) is 1.45. The van der Waals surface area contributed by atoms with Gasteiger partial charge < -0.3 is 10.4 Å². The summed E-state index contributed by atoms with van der Waals surface area (Å²) in [6, 6.07) is 1.69. The van der Waals surface area contributed by atoms with Crippen LogP contribution in [-0.2, 0) is 0 Å². The number of nitrogens with zero attached hydrogens (tertiary/aromatic N) is 1. The lowest BCUT2D eigenvalue weighted by molar-refractivity contribution is 0.227. The van der Waals surface area contributed by atoms with E-state index in [-0.39, 0.29) is 0 Å². The van der Waals surface area contributed by atoms with E-state index in [1.54, 1.807) is 6.07 Å². The van der Waals surface area contributed by atoms with Crippen molar-refractivity contribution < 1.29 is 5.11 Å². The van der Waals surface area contributed by atoms with E-state index in [4.69, 9.17) is 10.4 Å². The number of hydrogen-bond acceptors (Lipinski definition) is 3. The summed E-state index contributed by atoms with van der Waals surface area (Å²) in [4.78, 5) is 0. The minimum atomic E-state index is -0.852. The third-order valence-electron chi connectivity index (χ3n) is 0.737. The van der Waals surface area contributed by atoms with Gasteiger partial charge in [-0.15, -0.1) is 0 Å². The zero-order valence-electron chi connectivity index (χ0n) is 4.89. The van der Waals surface area contributed by atoms with Crippen LogP contribution in [-0.4, -0.2) is 24.3 Å². The zero-order valence-corrected chi connectivity index (χ0v) is 4.89. The lowest BCUT2D eigenvalue weighted by Crippen LogP contribution is -2.24. The highest BCUT2D eigenvalue weighted by Gasteiger charge is 1.95. The van der Waals surface area contributed by atoms with Crippen LogP contribution in [0, 0.1) is 11.3 Å². The molecule has 0 saturated heterocycles. The quantitative estimate of drug-likeness (QED) is 0.485. The number of nitrogens with one attached hydrogen (secondary N) is 1. The molecule has 0 aromatic carbocycles. The van der Waals surface area contributed by atoms with E-state index in [1.165, 1.54) is 0 Å². The summed E-state index contributed by atoms with van der Waals surface area (Å²) < 4.78 is 0. The summed E-state index contributed by atoms with van der Waals surface area (Å²) in [5.74, 6) is 0. The maximum Gasteiger partial charge on any atom is 0.152 e. The van der Waals surface area contributed by atoms with Gasteiger partial charge in [0.05, 0.1) is 6.07 Å². The number of rotatable bonds is 3. The van der Waals surface area contributed by atoms with Gasteiger partial charge in [0, 0.05) is 6.54 Å². The fraction of sp³-hybridized carbons (Fsp3) is 0.800. The highest BCUT2D eigenvalue weighted by Crippen LogP contribution is 1.72. The summed E-state index contributed by atoms with van der Waals surface area (Å²) in [5.41, 5.74) is 0. The van der Waals surface area contributed by atoms with Gasteiger partial charge in [-0.05, 0) is 6.54 Å². The van der Waals surface area contributed by atoms with Crippen LogP contribution in [0.5, 0.6) is 0 Å². The standard InChI is InChI=1S/C5H10N2O/c1-2-7-4-5(8)3-6/h5,7-8H,2,4H2,1H3. The van der Waals surface area contributed by atoms with Gasteiger partial charge in [-0.1, -0.05) is 6.92 Å². The number of aliphatic hydroxyl groups is 1. The van der Waals surface area contributed by atoms with E-state index in [9.17, 15) is 0 Å². The molecule has 0 rings (SSSR count). The summed E-state index contributed by atoms with van der Waals surface area (Å²) in [6.45, 7) is 3.08. The van der Waals surface area contributed by atoms with E-state index in [0.29, 0.717) is 6.54 Å². The molecule has 0 radical (unpaired) electrons. The van der Waals surface area contributed by atoms with E-state index < -0.39 is 6.10 Å². The normalized spacial score (nSPS) is 12.6. The second-order valence-electron chi connectivity index (χ2n) is 1.45. The lowest BCUT2D eigenvalue weighted by Gasteiger charge is -1.99. The molecule has 0 heterocycles. The first kappa shape index (κ1) is 7.41. The first-order valence-electron chi connectivity index (χ1n) is 2.59. The van der Waals surface area contributed by atoms with Crippen LogP contribution >= 0.6 is 0 Å². The summed E-state index contributed by atoms with van der Waals surface area (Å²) in [6.07, 6.45) is -0.852. The van der Waals surface area contributed by atoms with Crippen molar-refractivity contribution in [2.45, 2.75) is 13.0 Å². The Balaban J connectivity index is 3.02. The van der Waals surface area contributed by atoms with Gasteiger partial charge in [0.25, 0.3) is 0 Å². The Hall–Kier alpha value is -0.590. The Morgan fingerprint density at radius 2 is 2.50 bits per heavy atom. The molecule has 0 fully saturated rings. The first-order chi connectivity index (χ1) is 3.81. The van der Waals surface area contributed by atoms with Crippen molar-refractivity contribution in [3.05, 3.63) is 0 Å². The Bertz CT molecular complexity index is 86.9. The van der Waals surface area contributed by atoms with Crippen LogP contribution in [0.25, 0.3) is 0 Å². The Morgan fingerprint density at radius 3 is 2.88 bits per heavy atom. The molecule has 0 aromatic rings. The van der Waals surface area contributed by atoms with Crippen molar-refractivity contribution in [1.29, 1.82) is 5.26 Å². The first-order valence-corrected chi connectivity index (χ1v) is 2.59. The highest BCUT2D eigenvalue weighted by molar-refractivity contribution is 4.83. The molecule has 46 valence electrons. The molecule has 0 spiro atoms. The second kappa shape index (κ2) is 4.57. The van der Waals surface area contributed by atoms with Crippen molar-refractivity contribution in [3.63, 3.8) is 0 Å². The largest absolute Gasteiger partial charge is 0.377 e. The third kappa shape index (κ3) is 3.59. The SMILES string of the molecule is CCNCC(O)C#N. The molecule has 0 saturated carbocycles.